The van der Waals surface area contributed by atoms with Crippen molar-refractivity contribution in [2.45, 2.75) is 20.8 Å². The lowest BCUT2D eigenvalue weighted by Crippen LogP contribution is -2.18. The number of nitrogens with zero attached hydrogens (tertiary/aromatic N) is 5. The highest BCUT2D eigenvalue weighted by Gasteiger charge is 2.01. The Morgan fingerprint density at radius 2 is 1.79 bits per heavy atom. The van der Waals surface area contributed by atoms with E-state index in [0.717, 1.165) is 17.2 Å². The fourth-order valence-electron chi connectivity index (χ4n) is 0.737. The summed E-state index contributed by atoms with van der Waals surface area (Å²) in [6.45, 7) is 5.67. The molecule has 0 fully saturated rings. The molecule has 1 rings (SSSR count). The van der Waals surface area contributed by atoms with Crippen molar-refractivity contribution in [3.05, 3.63) is 11.4 Å². The van der Waals surface area contributed by atoms with Crippen LogP contribution in [0.3, 0.4) is 0 Å². The molecule has 76 valence electrons. The van der Waals surface area contributed by atoms with Crippen molar-refractivity contribution in [1.82, 2.24) is 20.1 Å². The number of hydrogen-bond acceptors (Lipinski definition) is 4. The molecule has 0 aliphatic heterocycles. The summed E-state index contributed by atoms with van der Waals surface area (Å²) >= 11 is 0. The molecule has 0 saturated heterocycles. The van der Waals surface area contributed by atoms with Crippen LogP contribution in [0.4, 0.5) is 5.95 Å². The summed E-state index contributed by atoms with van der Waals surface area (Å²) in [6.07, 6.45) is 0. The molecule has 0 bridgehead atoms. The average molecular weight is 193 g/mol. The van der Waals surface area contributed by atoms with Gasteiger partial charge in [0.05, 0.1) is 11.4 Å². The Kier molecular flexibility index (Phi) is 3.11. The summed E-state index contributed by atoms with van der Waals surface area (Å²) in [5.41, 5.74) is 1.71. The third-order valence-electron chi connectivity index (χ3n) is 1.99. The van der Waals surface area contributed by atoms with Gasteiger partial charge >= 0.3 is 0 Å². The predicted octanol–water partition coefficient (Wildman–Crippen LogP) is 1.10. The van der Waals surface area contributed by atoms with Crippen molar-refractivity contribution in [2.24, 2.45) is 4.99 Å². The van der Waals surface area contributed by atoms with Crippen LogP contribution >= 0.6 is 0 Å². The van der Waals surface area contributed by atoms with Gasteiger partial charge in [0.2, 0.25) is 0 Å². The molecule has 14 heavy (non-hydrogen) atoms. The number of rotatable bonds is 1. The Labute approximate surface area is 83.9 Å². The molecule has 0 amide bonds. The first-order chi connectivity index (χ1) is 6.50. The number of amidine groups is 1. The van der Waals surface area contributed by atoms with Crippen LogP contribution in [0.15, 0.2) is 4.99 Å². The molecule has 1 aromatic rings. The second-order valence-corrected chi connectivity index (χ2v) is 3.34. The maximum Gasteiger partial charge on any atom is 0.270 e. The van der Waals surface area contributed by atoms with E-state index in [4.69, 9.17) is 0 Å². The summed E-state index contributed by atoms with van der Waals surface area (Å²) < 4.78 is 0. The Hall–Kier alpha value is -1.52. The first-order valence-corrected chi connectivity index (χ1v) is 4.41. The zero-order valence-corrected chi connectivity index (χ0v) is 9.24. The van der Waals surface area contributed by atoms with Gasteiger partial charge in [0, 0.05) is 14.1 Å². The van der Waals surface area contributed by atoms with Gasteiger partial charge in [0.25, 0.3) is 5.95 Å². The Morgan fingerprint density at radius 1 is 1.14 bits per heavy atom. The van der Waals surface area contributed by atoms with E-state index >= 15 is 0 Å². The quantitative estimate of drug-likeness (QED) is 0.495. The lowest BCUT2D eigenvalue weighted by atomic mass is 10.4. The van der Waals surface area contributed by atoms with E-state index < -0.39 is 0 Å². The minimum atomic E-state index is 0.416. The highest BCUT2D eigenvalue weighted by atomic mass is 15.2. The number of aryl methyl sites for hydroxylation is 2. The molecule has 0 saturated carbocycles. The summed E-state index contributed by atoms with van der Waals surface area (Å²) in [4.78, 5) is 10.3. The molecule has 0 aliphatic rings. The van der Waals surface area contributed by atoms with Gasteiger partial charge in [-0.1, -0.05) is 0 Å². The van der Waals surface area contributed by atoms with E-state index in [1.165, 1.54) is 0 Å². The standard InChI is InChI=1S/C9H15N5/c1-6-7(2)12-13-9(10-6)11-8(3)14(4)5/h1-5H3. The van der Waals surface area contributed by atoms with Gasteiger partial charge in [-0.25, -0.2) is 4.98 Å². The molecule has 0 N–H and O–H groups in total. The summed E-state index contributed by atoms with van der Waals surface area (Å²) in [5, 5.41) is 7.84. The number of aromatic nitrogens is 3. The fourth-order valence-corrected chi connectivity index (χ4v) is 0.737. The lowest BCUT2D eigenvalue weighted by molar-refractivity contribution is 0.617. The lowest BCUT2D eigenvalue weighted by Gasteiger charge is -2.09. The molecule has 0 spiro atoms. The molecular formula is C9H15N5. The molecule has 5 nitrogen and oxygen atoms in total. The van der Waals surface area contributed by atoms with E-state index in [2.05, 4.69) is 20.2 Å². The minimum absolute atomic E-state index is 0.416. The van der Waals surface area contributed by atoms with Gasteiger partial charge in [-0.05, 0) is 20.8 Å². The third kappa shape index (κ3) is 2.48. The van der Waals surface area contributed by atoms with Crippen LogP contribution in [0.5, 0.6) is 0 Å². The van der Waals surface area contributed by atoms with Crippen molar-refractivity contribution in [1.29, 1.82) is 0 Å². The van der Waals surface area contributed by atoms with Crippen LogP contribution in [-0.2, 0) is 0 Å². The summed E-state index contributed by atoms with van der Waals surface area (Å²) in [6, 6.07) is 0. The Morgan fingerprint density at radius 3 is 2.29 bits per heavy atom. The first kappa shape index (κ1) is 10.6. The van der Waals surface area contributed by atoms with Crippen molar-refractivity contribution in [2.75, 3.05) is 14.1 Å². The zero-order valence-electron chi connectivity index (χ0n) is 9.24. The molecular weight excluding hydrogens is 178 g/mol. The van der Waals surface area contributed by atoms with Gasteiger partial charge in [0.15, 0.2) is 0 Å². The van der Waals surface area contributed by atoms with Crippen LogP contribution in [-0.4, -0.2) is 40.0 Å². The van der Waals surface area contributed by atoms with Crippen LogP contribution < -0.4 is 0 Å². The van der Waals surface area contributed by atoms with E-state index in [-0.39, 0.29) is 0 Å². The minimum Gasteiger partial charge on any atom is -0.366 e. The van der Waals surface area contributed by atoms with E-state index in [1.807, 2.05) is 39.8 Å². The molecule has 0 unspecified atom stereocenters. The Balaban J connectivity index is 2.98. The second-order valence-electron chi connectivity index (χ2n) is 3.34. The van der Waals surface area contributed by atoms with Crippen LogP contribution in [0.2, 0.25) is 0 Å². The van der Waals surface area contributed by atoms with Gasteiger partial charge in [0.1, 0.15) is 5.84 Å². The van der Waals surface area contributed by atoms with Gasteiger partial charge < -0.3 is 4.90 Å². The summed E-state index contributed by atoms with van der Waals surface area (Å²) in [5.74, 6) is 1.27. The third-order valence-corrected chi connectivity index (χ3v) is 1.99. The van der Waals surface area contributed by atoms with Gasteiger partial charge in [-0.3, -0.25) is 0 Å². The molecule has 1 heterocycles. The highest BCUT2D eigenvalue weighted by Crippen LogP contribution is 2.05. The van der Waals surface area contributed by atoms with Crippen LogP contribution in [0.1, 0.15) is 18.3 Å². The molecule has 1 aromatic heterocycles. The average Bonchev–Trinajstić information content (AvgIpc) is 2.11. The van der Waals surface area contributed by atoms with Crippen LogP contribution in [0.25, 0.3) is 0 Å². The highest BCUT2D eigenvalue weighted by molar-refractivity contribution is 5.81. The van der Waals surface area contributed by atoms with Crippen LogP contribution in [0, 0.1) is 13.8 Å². The largest absolute Gasteiger partial charge is 0.366 e. The molecule has 0 atom stereocenters. The van der Waals surface area contributed by atoms with E-state index in [0.29, 0.717) is 5.95 Å². The molecule has 0 aliphatic carbocycles. The van der Waals surface area contributed by atoms with Crippen molar-refractivity contribution in [3.8, 4) is 0 Å². The van der Waals surface area contributed by atoms with E-state index in [1.54, 1.807) is 0 Å². The normalized spacial score (nSPS) is 11.6. The second kappa shape index (κ2) is 4.13. The van der Waals surface area contributed by atoms with Gasteiger partial charge in [-0.2, -0.15) is 10.1 Å². The Bertz CT molecular complexity index is 356. The monoisotopic (exact) mass is 193 g/mol. The first-order valence-electron chi connectivity index (χ1n) is 4.41. The van der Waals surface area contributed by atoms with Crippen molar-refractivity contribution < 1.29 is 0 Å². The molecule has 0 radical (unpaired) electrons. The molecule has 5 heteroatoms. The SMILES string of the molecule is CC(=Nc1nnc(C)c(C)n1)N(C)C. The van der Waals surface area contributed by atoms with Crippen molar-refractivity contribution in [3.63, 3.8) is 0 Å². The maximum absolute atomic E-state index is 4.22. The fraction of sp³-hybridized carbons (Fsp3) is 0.556. The predicted molar refractivity (Wildman–Crippen MR) is 55.8 cm³/mol. The number of hydrogen-bond donors (Lipinski definition) is 0. The van der Waals surface area contributed by atoms with E-state index in [9.17, 15) is 0 Å². The number of aliphatic imine (C=N–C) groups is 1. The maximum atomic E-state index is 4.22. The zero-order chi connectivity index (χ0) is 10.7. The summed E-state index contributed by atoms with van der Waals surface area (Å²) in [7, 11) is 3.85. The molecule has 0 aromatic carbocycles. The smallest absolute Gasteiger partial charge is 0.270 e. The van der Waals surface area contributed by atoms with Crippen molar-refractivity contribution >= 4 is 11.8 Å². The van der Waals surface area contributed by atoms with Gasteiger partial charge in [-0.15, -0.1) is 5.10 Å². The topological polar surface area (TPSA) is 54.3 Å².